The van der Waals surface area contributed by atoms with Gasteiger partial charge in [0, 0.05) is 29.3 Å². The molecule has 7 heteroatoms. The van der Waals surface area contributed by atoms with Gasteiger partial charge in [0.25, 0.3) is 5.91 Å². The lowest BCUT2D eigenvalue weighted by molar-refractivity contribution is -0.689. The fraction of sp³-hybridized carbons (Fsp3) is 0.515. The molecule has 0 aliphatic heterocycles. The van der Waals surface area contributed by atoms with Gasteiger partial charge in [0.05, 0.1) is 12.0 Å². The van der Waals surface area contributed by atoms with E-state index in [-0.39, 0.29) is 12.5 Å². The Morgan fingerprint density at radius 1 is 0.850 bits per heavy atom. The first kappa shape index (κ1) is 32.0. The van der Waals surface area contributed by atoms with E-state index in [0.29, 0.717) is 23.1 Å². The van der Waals surface area contributed by atoms with Crippen LogP contribution in [0.1, 0.15) is 95.2 Å². The SMILES string of the molecule is CCCCCCCCCCCCCCOc1cc(Cl)ccc1OCC(=O)Nc1ccc(C[n+]2cscc2C)cc1. The third kappa shape index (κ3) is 12.3. The molecule has 1 heterocycles. The van der Waals surface area contributed by atoms with Crippen molar-refractivity contribution in [2.45, 2.75) is 97.4 Å². The minimum Gasteiger partial charge on any atom is -0.490 e. The molecule has 0 spiro atoms. The summed E-state index contributed by atoms with van der Waals surface area (Å²) in [4.78, 5) is 12.5. The van der Waals surface area contributed by atoms with Gasteiger partial charge < -0.3 is 14.8 Å². The first-order valence-corrected chi connectivity index (χ1v) is 16.2. The van der Waals surface area contributed by atoms with E-state index in [1.165, 1.54) is 75.5 Å². The number of unbranched alkanes of at least 4 members (excludes halogenated alkanes) is 11. The average molecular weight is 586 g/mol. The van der Waals surface area contributed by atoms with Crippen molar-refractivity contribution in [2.75, 3.05) is 18.5 Å². The number of hydrogen-bond acceptors (Lipinski definition) is 4. The number of nitrogens with one attached hydrogen (secondary N) is 1. The molecule has 1 aromatic heterocycles. The molecular weight excluding hydrogens is 540 g/mol. The van der Waals surface area contributed by atoms with Crippen LogP contribution in [0.4, 0.5) is 5.69 Å². The van der Waals surface area contributed by atoms with Crippen LogP contribution in [0, 0.1) is 6.92 Å². The Balaban J connectivity index is 1.31. The van der Waals surface area contributed by atoms with Crippen LogP contribution in [-0.2, 0) is 11.3 Å². The van der Waals surface area contributed by atoms with E-state index in [4.69, 9.17) is 21.1 Å². The zero-order valence-corrected chi connectivity index (χ0v) is 25.8. The molecule has 0 fully saturated rings. The van der Waals surface area contributed by atoms with Gasteiger partial charge in [-0.15, -0.1) is 0 Å². The van der Waals surface area contributed by atoms with Gasteiger partial charge in [-0.3, -0.25) is 4.79 Å². The summed E-state index contributed by atoms with van der Waals surface area (Å²) in [5.74, 6) is 0.878. The lowest BCUT2D eigenvalue weighted by atomic mass is 10.1. The highest BCUT2D eigenvalue weighted by Crippen LogP contribution is 2.30. The maximum Gasteiger partial charge on any atom is 0.262 e. The third-order valence-corrected chi connectivity index (χ3v) is 8.08. The molecule has 1 N–H and O–H groups in total. The van der Waals surface area contributed by atoms with Gasteiger partial charge in [-0.2, -0.15) is 4.57 Å². The topological polar surface area (TPSA) is 51.4 Å². The molecule has 2 aromatic carbocycles. The number of halogens is 1. The molecule has 0 aliphatic rings. The third-order valence-electron chi connectivity index (χ3n) is 6.99. The summed E-state index contributed by atoms with van der Waals surface area (Å²) in [7, 11) is 0. The van der Waals surface area contributed by atoms with Crippen molar-refractivity contribution in [3.63, 3.8) is 0 Å². The molecule has 0 radical (unpaired) electrons. The van der Waals surface area contributed by atoms with E-state index in [2.05, 4.69) is 34.6 Å². The lowest BCUT2D eigenvalue weighted by Gasteiger charge is -2.13. The Kier molecular flexibility index (Phi) is 15.0. The predicted molar refractivity (Wildman–Crippen MR) is 167 cm³/mol. The quantitative estimate of drug-likeness (QED) is 0.106. The van der Waals surface area contributed by atoms with Gasteiger partial charge in [-0.25, -0.2) is 0 Å². The molecule has 3 rings (SSSR count). The number of ether oxygens (including phenoxy) is 2. The Labute approximate surface area is 249 Å². The van der Waals surface area contributed by atoms with E-state index in [1.807, 2.05) is 24.3 Å². The van der Waals surface area contributed by atoms with Crippen LogP contribution in [-0.4, -0.2) is 19.1 Å². The van der Waals surface area contributed by atoms with Crippen molar-refractivity contribution in [3.05, 3.63) is 69.6 Å². The van der Waals surface area contributed by atoms with Crippen LogP contribution in [0.2, 0.25) is 5.02 Å². The Morgan fingerprint density at radius 3 is 2.12 bits per heavy atom. The minimum atomic E-state index is -0.224. The lowest BCUT2D eigenvalue weighted by Crippen LogP contribution is -2.34. The molecule has 40 heavy (non-hydrogen) atoms. The van der Waals surface area contributed by atoms with E-state index < -0.39 is 0 Å². The number of hydrogen-bond donors (Lipinski definition) is 1. The number of anilines is 1. The van der Waals surface area contributed by atoms with E-state index in [0.717, 1.165) is 25.1 Å². The van der Waals surface area contributed by atoms with Crippen LogP contribution in [0.3, 0.4) is 0 Å². The second-order valence-corrected chi connectivity index (χ2v) is 11.6. The summed E-state index contributed by atoms with van der Waals surface area (Å²) in [6, 6.07) is 13.1. The maximum absolute atomic E-state index is 12.5. The number of rotatable bonds is 20. The van der Waals surface area contributed by atoms with Crippen LogP contribution < -0.4 is 19.4 Å². The normalized spacial score (nSPS) is 11.0. The molecule has 0 saturated heterocycles. The number of benzene rings is 2. The second-order valence-electron chi connectivity index (χ2n) is 10.5. The van der Waals surface area contributed by atoms with Crippen molar-refractivity contribution in [3.8, 4) is 11.5 Å². The Hall–Kier alpha value is -2.57. The molecule has 5 nitrogen and oxygen atoms in total. The van der Waals surface area contributed by atoms with Crippen LogP contribution in [0.15, 0.2) is 53.4 Å². The fourth-order valence-corrected chi connectivity index (χ4v) is 5.53. The van der Waals surface area contributed by atoms with Gasteiger partial charge in [-0.1, -0.05) is 113 Å². The number of carbonyl (C=O) groups is 1. The summed E-state index contributed by atoms with van der Waals surface area (Å²) in [6.07, 6.45) is 15.6. The van der Waals surface area contributed by atoms with Gasteiger partial charge >= 0.3 is 0 Å². The molecule has 0 saturated carbocycles. The van der Waals surface area contributed by atoms with E-state index in [1.54, 1.807) is 29.5 Å². The van der Waals surface area contributed by atoms with Crippen LogP contribution in [0.25, 0.3) is 0 Å². The minimum absolute atomic E-state index is 0.109. The molecule has 0 bridgehead atoms. The van der Waals surface area contributed by atoms with Gasteiger partial charge in [0.1, 0.15) is 0 Å². The Bertz CT molecular complexity index is 1130. The monoisotopic (exact) mass is 585 g/mol. The fourth-order valence-electron chi connectivity index (χ4n) is 4.58. The van der Waals surface area contributed by atoms with Gasteiger partial charge in [-0.05, 0) is 30.7 Å². The number of aryl methyl sites for hydroxylation is 1. The number of nitrogens with zero attached hydrogens (tertiary/aromatic N) is 1. The number of thiazole rings is 1. The number of carbonyl (C=O) groups excluding carboxylic acids is 1. The van der Waals surface area contributed by atoms with Crippen molar-refractivity contribution in [2.24, 2.45) is 0 Å². The summed E-state index contributed by atoms with van der Waals surface area (Å²) < 4.78 is 14.0. The molecule has 0 aliphatic carbocycles. The highest BCUT2D eigenvalue weighted by atomic mass is 35.5. The molecule has 0 atom stereocenters. The number of aromatic nitrogens is 1. The van der Waals surface area contributed by atoms with Crippen molar-refractivity contribution in [1.29, 1.82) is 0 Å². The van der Waals surface area contributed by atoms with Crippen LogP contribution in [0.5, 0.6) is 11.5 Å². The zero-order valence-electron chi connectivity index (χ0n) is 24.3. The summed E-state index contributed by atoms with van der Waals surface area (Å²) in [6.45, 7) is 5.67. The van der Waals surface area contributed by atoms with E-state index in [9.17, 15) is 4.79 Å². The predicted octanol–water partition coefficient (Wildman–Crippen LogP) is 9.14. The van der Waals surface area contributed by atoms with Crippen molar-refractivity contribution in [1.82, 2.24) is 0 Å². The van der Waals surface area contributed by atoms with Crippen molar-refractivity contribution < 1.29 is 18.8 Å². The molecular formula is C33H46ClN2O3S+. The zero-order chi connectivity index (χ0) is 28.4. The smallest absolute Gasteiger partial charge is 0.262 e. The molecule has 218 valence electrons. The highest BCUT2D eigenvalue weighted by molar-refractivity contribution is 7.07. The standard InChI is InChI=1S/C33H45ClN2O3S/c1-3-4-5-6-7-8-9-10-11-12-13-14-21-38-32-22-29(34)17-20-31(32)39-24-33(37)35-30-18-15-28(16-19-30)23-36-26-40-25-27(36)2/h15-20,22,25-26H,3-14,21,23-24H2,1-2H3/p+1. The summed E-state index contributed by atoms with van der Waals surface area (Å²) in [5, 5.41) is 5.61. The van der Waals surface area contributed by atoms with E-state index >= 15 is 0 Å². The Morgan fingerprint density at radius 2 is 1.50 bits per heavy atom. The molecule has 0 unspecified atom stereocenters. The van der Waals surface area contributed by atoms with Gasteiger partial charge in [0.15, 0.2) is 30.3 Å². The number of amides is 1. The van der Waals surface area contributed by atoms with Crippen molar-refractivity contribution >= 4 is 34.5 Å². The molecule has 1 amide bonds. The summed E-state index contributed by atoms with van der Waals surface area (Å²) in [5.41, 5.74) is 5.26. The second kappa shape index (κ2) is 18.7. The summed E-state index contributed by atoms with van der Waals surface area (Å²) >= 11 is 7.89. The largest absolute Gasteiger partial charge is 0.490 e. The molecule has 3 aromatic rings. The first-order chi connectivity index (χ1) is 19.5. The van der Waals surface area contributed by atoms with Crippen LogP contribution >= 0.6 is 22.9 Å². The van der Waals surface area contributed by atoms with Gasteiger partial charge in [0.2, 0.25) is 5.51 Å². The average Bonchev–Trinajstić information content (AvgIpc) is 3.35. The maximum atomic E-state index is 12.5. The highest BCUT2D eigenvalue weighted by Gasteiger charge is 2.11. The first-order valence-electron chi connectivity index (χ1n) is 14.9.